The zero-order valence-corrected chi connectivity index (χ0v) is 16.9. The Bertz CT molecular complexity index is 935. The fourth-order valence-corrected chi connectivity index (χ4v) is 4.43. The lowest BCUT2D eigenvalue weighted by molar-refractivity contribution is -0.135. The van der Waals surface area contributed by atoms with Gasteiger partial charge in [-0.25, -0.2) is 0 Å². The lowest BCUT2D eigenvalue weighted by Crippen LogP contribution is -2.37. The highest BCUT2D eigenvalue weighted by molar-refractivity contribution is 5.82. The molecule has 2 aromatic rings. The average Bonchev–Trinajstić information content (AvgIpc) is 3.24. The predicted molar refractivity (Wildman–Crippen MR) is 112 cm³/mol. The van der Waals surface area contributed by atoms with Gasteiger partial charge in [-0.2, -0.15) is 0 Å². The van der Waals surface area contributed by atoms with Crippen LogP contribution in [-0.4, -0.2) is 35.3 Å². The first kappa shape index (κ1) is 19.2. The molecule has 2 amide bonds. The molecule has 2 aliphatic rings. The predicted octanol–water partition coefficient (Wildman–Crippen LogP) is 4.32. The number of hydrogen-bond donors (Lipinski definition) is 0. The number of carbonyl (C=O) groups excluding carboxylic acids is 2. The Morgan fingerprint density at radius 1 is 1.10 bits per heavy atom. The van der Waals surface area contributed by atoms with Gasteiger partial charge in [-0.15, -0.1) is 0 Å². The van der Waals surface area contributed by atoms with Crippen LogP contribution in [0.4, 0.5) is 0 Å². The molecule has 150 valence electrons. The largest absolute Gasteiger partial charge is 0.497 e. The Morgan fingerprint density at radius 2 is 1.86 bits per heavy atom. The molecule has 1 saturated heterocycles. The quantitative estimate of drug-likeness (QED) is 0.781. The summed E-state index contributed by atoms with van der Waals surface area (Å²) in [7, 11) is 1.65. The summed E-state index contributed by atoms with van der Waals surface area (Å²) in [5.74, 6) is 0.846. The third-order valence-electron chi connectivity index (χ3n) is 5.91. The summed E-state index contributed by atoms with van der Waals surface area (Å²) in [6, 6.07) is 15.7. The maximum absolute atomic E-state index is 13.3. The third-order valence-corrected chi connectivity index (χ3v) is 5.91. The number of amides is 2. The van der Waals surface area contributed by atoms with E-state index >= 15 is 0 Å². The summed E-state index contributed by atoms with van der Waals surface area (Å²) in [5.41, 5.74) is 3.22. The minimum Gasteiger partial charge on any atom is -0.497 e. The minimum absolute atomic E-state index is 0.0540. The molecule has 0 unspecified atom stereocenters. The molecule has 0 saturated carbocycles. The molecule has 29 heavy (non-hydrogen) atoms. The molecule has 5 nitrogen and oxygen atoms in total. The van der Waals surface area contributed by atoms with Crippen molar-refractivity contribution in [3.05, 3.63) is 71.4 Å². The molecule has 0 N–H and O–H groups in total. The van der Waals surface area contributed by atoms with Crippen LogP contribution < -0.4 is 4.74 Å². The van der Waals surface area contributed by atoms with Gasteiger partial charge in [0.25, 0.3) is 0 Å². The fourth-order valence-electron chi connectivity index (χ4n) is 4.43. The Kier molecular flexibility index (Phi) is 5.38. The van der Waals surface area contributed by atoms with Crippen molar-refractivity contribution < 1.29 is 14.3 Å². The van der Waals surface area contributed by atoms with Crippen molar-refractivity contribution in [3.8, 4) is 5.75 Å². The van der Waals surface area contributed by atoms with Crippen LogP contribution in [0.3, 0.4) is 0 Å². The van der Waals surface area contributed by atoms with Gasteiger partial charge in [-0.05, 0) is 47.7 Å². The van der Waals surface area contributed by atoms with E-state index in [0.29, 0.717) is 0 Å². The van der Waals surface area contributed by atoms with Crippen molar-refractivity contribution in [2.75, 3.05) is 13.7 Å². The second-order valence-corrected chi connectivity index (χ2v) is 7.61. The SMILES string of the molecule is COc1ccc([C@H]2CCCN2C(=O)C[C@H]2c3ccccc3C=CN2C(C)=O)cc1. The molecule has 0 bridgehead atoms. The summed E-state index contributed by atoms with van der Waals surface area (Å²) >= 11 is 0. The maximum atomic E-state index is 13.3. The van der Waals surface area contributed by atoms with Crippen molar-refractivity contribution in [1.82, 2.24) is 9.80 Å². The summed E-state index contributed by atoms with van der Waals surface area (Å²) < 4.78 is 5.25. The van der Waals surface area contributed by atoms with Gasteiger partial charge in [-0.1, -0.05) is 36.4 Å². The molecule has 2 heterocycles. The number of methoxy groups -OCH3 is 1. The molecule has 0 aromatic heterocycles. The van der Waals surface area contributed by atoms with Crippen LogP contribution in [0.5, 0.6) is 5.75 Å². The number of nitrogens with zero attached hydrogens (tertiary/aromatic N) is 2. The van der Waals surface area contributed by atoms with E-state index in [-0.39, 0.29) is 30.3 Å². The van der Waals surface area contributed by atoms with Crippen LogP contribution in [0.25, 0.3) is 6.08 Å². The molecule has 5 heteroatoms. The van der Waals surface area contributed by atoms with E-state index in [9.17, 15) is 9.59 Å². The summed E-state index contributed by atoms with van der Waals surface area (Å²) in [5, 5.41) is 0. The van der Waals surface area contributed by atoms with Gasteiger partial charge in [-0.3, -0.25) is 9.59 Å². The first-order chi connectivity index (χ1) is 14.1. The normalized spacial score (nSPS) is 20.5. The highest BCUT2D eigenvalue weighted by Crippen LogP contribution is 2.37. The number of carbonyl (C=O) groups is 2. The summed E-state index contributed by atoms with van der Waals surface area (Å²) in [6.07, 6.45) is 5.96. The minimum atomic E-state index is -0.265. The number of hydrogen-bond acceptors (Lipinski definition) is 3. The zero-order chi connectivity index (χ0) is 20.4. The smallest absolute Gasteiger partial charge is 0.225 e. The summed E-state index contributed by atoms with van der Waals surface area (Å²) in [4.78, 5) is 29.2. The number of fused-ring (bicyclic) bond motifs is 1. The first-order valence-corrected chi connectivity index (χ1v) is 10.1. The van der Waals surface area contributed by atoms with E-state index in [0.717, 1.165) is 41.8 Å². The molecule has 2 aliphatic heterocycles. The van der Waals surface area contributed by atoms with E-state index in [1.54, 1.807) is 25.1 Å². The third kappa shape index (κ3) is 3.77. The van der Waals surface area contributed by atoms with E-state index in [2.05, 4.69) is 0 Å². The van der Waals surface area contributed by atoms with Crippen LogP contribution in [0.1, 0.15) is 55.0 Å². The van der Waals surface area contributed by atoms with Crippen LogP contribution in [-0.2, 0) is 9.59 Å². The highest BCUT2D eigenvalue weighted by Gasteiger charge is 2.34. The molecular weight excluding hydrogens is 364 g/mol. The Labute approximate surface area is 171 Å². The van der Waals surface area contributed by atoms with Gasteiger partial charge in [0, 0.05) is 19.7 Å². The van der Waals surface area contributed by atoms with Crippen molar-refractivity contribution in [1.29, 1.82) is 0 Å². The second kappa shape index (κ2) is 8.11. The average molecular weight is 390 g/mol. The molecule has 0 spiro atoms. The number of ether oxygens (including phenoxy) is 1. The topological polar surface area (TPSA) is 49.9 Å². The van der Waals surface area contributed by atoms with Gasteiger partial charge in [0.1, 0.15) is 5.75 Å². The summed E-state index contributed by atoms with van der Waals surface area (Å²) in [6.45, 7) is 2.30. The van der Waals surface area contributed by atoms with Gasteiger partial charge in [0.05, 0.1) is 25.6 Å². The molecule has 1 fully saturated rings. The van der Waals surface area contributed by atoms with Crippen molar-refractivity contribution in [3.63, 3.8) is 0 Å². The van der Waals surface area contributed by atoms with E-state index < -0.39 is 0 Å². The van der Waals surface area contributed by atoms with E-state index in [4.69, 9.17) is 4.74 Å². The molecule has 2 atom stereocenters. The second-order valence-electron chi connectivity index (χ2n) is 7.61. The lowest BCUT2D eigenvalue weighted by atomic mass is 9.93. The Hall–Kier alpha value is -3.08. The standard InChI is InChI=1S/C24H26N2O3/c1-17(27)25-15-13-18-6-3-4-7-21(18)23(25)16-24(28)26-14-5-8-22(26)19-9-11-20(29-2)12-10-19/h3-4,6-7,9-13,15,22-23H,5,8,14,16H2,1-2H3/t22-,23+/m1/s1. The fraction of sp³-hybridized carbons (Fsp3) is 0.333. The van der Waals surface area contributed by atoms with E-state index in [1.807, 2.05) is 59.5 Å². The zero-order valence-electron chi connectivity index (χ0n) is 16.9. The van der Waals surface area contributed by atoms with E-state index in [1.165, 1.54) is 0 Å². The monoisotopic (exact) mass is 390 g/mol. The molecule has 0 aliphatic carbocycles. The van der Waals surface area contributed by atoms with Gasteiger partial charge >= 0.3 is 0 Å². The van der Waals surface area contributed by atoms with Gasteiger partial charge < -0.3 is 14.5 Å². The van der Waals surface area contributed by atoms with Crippen molar-refractivity contribution in [2.45, 2.75) is 38.3 Å². The molecular formula is C24H26N2O3. The number of likely N-dealkylation sites (tertiary alicyclic amines) is 1. The Morgan fingerprint density at radius 3 is 2.59 bits per heavy atom. The van der Waals surface area contributed by atoms with Crippen molar-refractivity contribution >= 4 is 17.9 Å². The lowest BCUT2D eigenvalue weighted by Gasteiger charge is -2.34. The Balaban J connectivity index is 1.56. The number of rotatable bonds is 4. The maximum Gasteiger partial charge on any atom is 0.225 e. The first-order valence-electron chi connectivity index (χ1n) is 10.1. The van der Waals surface area contributed by atoms with Crippen LogP contribution >= 0.6 is 0 Å². The molecule has 4 rings (SSSR count). The van der Waals surface area contributed by atoms with Gasteiger partial charge in [0.15, 0.2) is 0 Å². The number of benzene rings is 2. The van der Waals surface area contributed by atoms with Crippen LogP contribution in [0, 0.1) is 0 Å². The highest BCUT2D eigenvalue weighted by atomic mass is 16.5. The van der Waals surface area contributed by atoms with Crippen LogP contribution in [0.2, 0.25) is 0 Å². The molecule has 2 aromatic carbocycles. The van der Waals surface area contributed by atoms with Crippen molar-refractivity contribution in [2.24, 2.45) is 0 Å². The van der Waals surface area contributed by atoms with Gasteiger partial charge in [0.2, 0.25) is 11.8 Å². The van der Waals surface area contributed by atoms with Crippen LogP contribution in [0.15, 0.2) is 54.7 Å². The molecule has 0 radical (unpaired) electrons.